The molecule has 2 fully saturated rings. The van der Waals surface area contributed by atoms with Gasteiger partial charge in [-0.15, -0.1) is 0 Å². The van der Waals surface area contributed by atoms with Crippen LogP contribution in [-0.4, -0.2) is 48.9 Å². The Bertz CT molecular complexity index is 734. The second kappa shape index (κ2) is 8.41. The maximum atomic E-state index is 12.8. The summed E-state index contributed by atoms with van der Waals surface area (Å²) in [5.74, 6) is 0.487. The summed E-state index contributed by atoms with van der Waals surface area (Å²) in [7, 11) is 1.56. The van der Waals surface area contributed by atoms with Gasteiger partial charge in [0.25, 0.3) is 0 Å². The zero-order chi connectivity index (χ0) is 19.4. The third kappa shape index (κ3) is 4.07. The minimum Gasteiger partial charge on any atom is -0.495 e. The van der Waals surface area contributed by atoms with Crippen LogP contribution in [0, 0.1) is 0 Å². The van der Waals surface area contributed by atoms with Gasteiger partial charge in [-0.3, -0.25) is 14.4 Å². The van der Waals surface area contributed by atoms with Crippen molar-refractivity contribution in [2.45, 2.75) is 51.5 Å². The second-order valence-corrected chi connectivity index (χ2v) is 6.98. The first kappa shape index (κ1) is 19.2. The summed E-state index contributed by atoms with van der Waals surface area (Å²) in [6.07, 6.45) is 4.27. The zero-order valence-electron chi connectivity index (χ0n) is 16.0. The minimum atomic E-state index is -0.440. The lowest BCUT2D eigenvalue weighted by atomic mass is 10.0. The number of nitrogens with one attached hydrogen (secondary N) is 1. The minimum absolute atomic E-state index is 0.00735. The van der Waals surface area contributed by atoms with E-state index in [0.29, 0.717) is 49.5 Å². The molecule has 27 heavy (non-hydrogen) atoms. The molecule has 0 saturated carbocycles. The molecule has 2 heterocycles. The first-order valence-corrected chi connectivity index (χ1v) is 9.64. The first-order chi connectivity index (χ1) is 13.0. The van der Waals surface area contributed by atoms with E-state index in [1.807, 2.05) is 6.92 Å². The summed E-state index contributed by atoms with van der Waals surface area (Å²) >= 11 is 0. The quantitative estimate of drug-likeness (QED) is 0.860. The number of nitrogens with zero attached hydrogens (tertiary/aromatic N) is 2. The van der Waals surface area contributed by atoms with Crippen molar-refractivity contribution in [3.8, 4) is 5.75 Å². The number of piperidine rings is 1. The molecule has 2 saturated heterocycles. The number of ether oxygens (including phenoxy) is 1. The van der Waals surface area contributed by atoms with Gasteiger partial charge in [0.05, 0.1) is 12.8 Å². The van der Waals surface area contributed by atoms with Gasteiger partial charge in [0.1, 0.15) is 11.8 Å². The highest BCUT2D eigenvalue weighted by Gasteiger charge is 2.31. The summed E-state index contributed by atoms with van der Waals surface area (Å²) in [5, 5.41) is 2.92. The SMILES string of the molecule is CCC(=O)N1CCCCC1C(=O)Nc1ccc(OC)c(N2CCCC2=O)c1. The molecule has 1 N–H and O–H groups in total. The number of likely N-dealkylation sites (tertiary alicyclic amines) is 1. The van der Waals surface area contributed by atoms with Crippen LogP contribution in [0.2, 0.25) is 0 Å². The summed E-state index contributed by atoms with van der Waals surface area (Å²) < 4.78 is 5.39. The third-order valence-corrected chi connectivity index (χ3v) is 5.24. The lowest BCUT2D eigenvalue weighted by molar-refractivity contribution is -0.140. The molecular formula is C20H27N3O4. The monoisotopic (exact) mass is 373 g/mol. The van der Waals surface area contributed by atoms with Crippen molar-refractivity contribution in [2.75, 3.05) is 30.4 Å². The topological polar surface area (TPSA) is 79.0 Å². The number of anilines is 2. The third-order valence-electron chi connectivity index (χ3n) is 5.24. The molecule has 0 bridgehead atoms. The van der Waals surface area contributed by atoms with E-state index in [1.165, 1.54) is 0 Å². The largest absolute Gasteiger partial charge is 0.495 e. The normalized spacial score (nSPS) is 19.9. The van der Waals surface area contributed by atoms with Gasteiger partial charge in [-0.2, -0.15) is 0 Å². The maximum absolute atomic E-state index is 12.8. The van der Waals surface area contributed by atoms with Gasteiger partial charge < -0.3 is 19.9 Å². The molecule has 3 rings (SSSR count). The number of hydrogen-bond donors (Lipinski definition) is 1. The average Bonchev–Trinajstić information content (AvgIpc) is 3.13. The summed E-state index contributed by atoms with van der Waals surface area (Å²) in [6, 6.07) is 4.85. The molecule has 146 valence electrons. The van der Waals surface area contributed by atoms with Crippen LogP contribution in [0.3, 0.4) is 0 Å². The fourth-order valence-corrected chi connectivity index (χ4v) is 3.81. The first-order valence-electron chi connectivity index (χ1n) is 9.64. The van der Waals surface area contributed by atoms with Gasteiger partial charge >= 0.3 is 0 Å². The van der Waals surface area contributed by atoms with Crippen LogP contribution >= 0.6 is 0 Å². The number of methoxy groups -OCH3 is 1. The molecule has 1 aromatic carbocycles. The molecule has 3 amide bonds. The van der Waals surface area contributed by atoms with Crippen LogP contribution in [-0.2, 0) is 14.4 Å². The van der Waals surface area contributed by atoms with Gasteiger partial charge in [-0.1, -0.05) is 6.92 Å². The molecule has 1 aromatic rings. The number of rotatable bonds is 5. The molecule has 0 radical (unpaired) electrons. The Labute approximate surface area is 159 Å². The van der Waals surface area contributed by atoms with Crippen LogP contribution in [0.15, 0.2) is 18.2 Å². The van der Waals surface area contributed by atoms with Crippen molar-refractivity contribution >= 4 is 29.1 Å². The average molecular weight is 373 g/mol. The molecule has 2 aliphatic heterocycles. The van der Waals surface area contributed by atoms with Gasteiger partial charge in [-0.25, -0.2) is 0 Å². The number of benzene rings is 1. The van der Waals surface area contributed by atoms with Crippen molar-refractivity contribution in [1.29, 1.82) is 0 Å². The van der Waals surface area contributed by atoms with Crippen molar-refractivity contribution in [1.82, 2.24) is 4.90 Å². The summed E-state index contributed by atoms with van der Waals surface area (Å²) in [4.78, 5) is 40.5. The summed E-state index contributed by atoms with van der Waals surface area (Å²) in [6.45, 7) is 3.09. The second-order valence-electron chi connectivity index (χ2n) is 6.98. The molecule has 0 aliphatic carbocycles. The Morgan fingerprint density at radius 2 is 2.04 bits per heavy atom. The zero-order valence-corrected chi connectivity index (χ0v) is 16.0. The highest BCUT2D eigenvalue weighted by molar-refractivity contribution is 6.00. The smallest absolute Gasteiger partial charge is 0.247 e. The van der Waals surface area contributed by atoms with Crippen molar-refractivity contribution in [3.05, 3.63) is 18.2 Å². The predicted octanol–water partition coefficient (Wildman–Crippen LogP) is 2.55. The van der Waals surface area contributed by atoms with E-state index in [0.717, 1.165) is 19.3 Å². The molecule has 0 aromatic heterocycles. The van der Waals surface area contributed by atoms with E-state index in [9.17, 15) is 14.4 Å². The molecule has 2 aliphatic rings. The molecule has 1 atom stereocenters. The van der Waals surface area contributed by atoms with E-state index in [2.05, 4.69) is 5.32 Å². The van der Waals surface area contributed by atoms with Crippen molar-refractivity contribution < 1.29 is 19.1 Å². The van der Waals surface area contributed by atoms with Crippen molar-refractivity contribution in [3.63, 3.8) is 0 Å². The highest BCUT2D eigenvalue weighted by atomic mass is 16.5. The molecule has 7 heteroatoms. The number of hydrogen-bond acceptors (Lipinski definition) is 4. The Balaban J connectivity index is 1.79. The molecular weight excluding hydrogens is 346 g/mol. The molecule has 1 unspecified atom stereocenters. The van der Waals surface area contributed by atoms with Gasteiger partial charge in [0.2, 0.25) is 17.7 Å². The van der Waals surface area contributed by atoms with E-state index < -0.39 is 6.04 Å². The Morgan fingerprint density at radius 1 is 1.22 bits per heavy atom. The van der Waals surface area contributed by atoms with E-state index >= 15 is 0 Å². The fraction of sp³-hybridized carbons (Fsp3) is 0.550. The van der Waals surface area contributed by atoms with E-state index in [-0.39, 0.29) is 17.7 Å². The summed E-state index contributed by atoms with van der Waals surface area (Å²) in [5.41, 5.74) is 1.27. The van der Waals surface area contributed by atoms with Gasteiger partial charge in [-0.05, 0) is 43.9 Å². The van der Waals surface area contributed by atoms with E-state index in [4.69, 9.17) is 4.74 Å². The van der Waals surface area contributed by atoms with Crippen LogP contribution < -0.4 is 15.0 Å². The lowest BCUT2D eigenvalue weighted by Gasteiger charge is -2.34. The van der Waals surface area contributed by atoms with E-state index in [1.54, 1.807) is 35.1 Å². The molecule has 7 nitrogen and oxygen atoms in total. The standard InChI is InChI=1S/C20H27N3O4/c1-3-18(24)22-11-5-4-7-15(22)20(26)21-14-9-10-17(27-2)16(13-14)23-12-6-8-19(23)25/h9-10,13,15H,3-8,11-12H2,1-2H3,(H,21,26). The van der Waals surface area contributed by atoms with Crippen LogP contribution in [0.1, 0.15) is 45.4 Å². The predicted molar refractivity (Wildman–Crippen MR) is 103 cm³/mol. The van der Waals surface area contributed by atoms with Crippen LogP contribution in [0.4, 0.5) is 11.4 Å². The number of carbonyl (C=O) groups is 3. The number of carbonyl (C=O) groups excluding carboxylic acids is 3. The van der Waals surface area contributed by atoms with Gasteiger partial charge in [0, 0.05) is 31.6 Å². The maximum Gasteiger partial charge on any atom is 0.247 e. The van der Waals surface area contributed by atoms with Crippen LogP contribution in [0.5, 0.6) is 5.75 Å². The molecule has 0 spiro atoms. The van der Waals surface area contributed by atoms with Crippen molar-refractivity contribution in [2.24, 2.45) is 0 Å². The highest BCUT2D eigenvalue weighted by Crippen LogP contribution is 2.34. The Hall–Kier alpha value is -2.57. The van der Waals surface area contributed by atoms with Gasteiger partial charge in [0.15, 0.2) is 0 Å². The van der Waals surface area contributed by atoms with Crippen LogP contribution in [0.25, 0.3) is 0 Å². The Morgan fingerprint density at radius 3 is 2.70 bits per heavy atom. The Kier molecular flexibility index (Phi) is 5.98. The number of amides is 3. The fourth-order valence-electron chi connectivity index (χ4n) is 3.81. The lowest BCUT2D eigenvalue weighted by Crippen LogP contribution is -2.49.